The van der Waals surface area contributed by atoms with E-state index in [0.29, 0.717) is 17.6 Å². The first-order chi connectivity index (χ1) is 12.6. The first kappa shape index (κ1) is 17.6. The highest BCUT2D eigenvalue weighted by Crippen LogP contribution is 2.44. The summed E-state index contributed by atoms with van der Waals surface area (Å²) in [4.78, 5) is 15.4. The molecule has 4 rings (SSSR count). The van der Waals surface area contributed by atoms with Gasteiger partial charge in [0, 0.05) is 24.2 Å². The average Bonchev–Trinajstić information content (AvgIpc) is 2.60. The van der Waals surface area contributed by atoms with Gasteiger partial charge in [-0.2, -0.15) is 0 Å². The molecular weight excluding hydrogens is 344 g/mol. The van der Waals surface area contributed by atoms with Gasteiger partial charge in [-0.1, -0.05) is 54.4 Å². The Labute approximate surface area is 160 Å². The molecular formula is C22H25ClN2O. The van der Waals surface area contributed by atoms with Gasteiger partial charge in [0.2, 0.25) is 5.91 Å². The normalized spacial score (nSPS) is 21.5. The summed E-state index contributed by atoms with van der Waals surface area (Å²) < 4.78 is 0. The van der Waals surface area contributed by atoms with Crippen molar-refractivity contribution < 1.29 is 4.79 Å². The van der Waals surface area contributed by atoms with Gasteiger partial charge in [-0.25, -0.2) is 0 Å². The molecule has 0 aromatic heterocycles. The van der Waals surface area contributed by atoms with E-state index in [4.69, 9.17) is 11.6 Å². The van der Waals surface area contributed by atoms with Crippen LogP contribution in [0.25, 0.3) is 0 Å². The number of carbonyl (C=O) groups is 1. The molecule has 2 aliphatic rings. The summed E-state index contributed by atoms with van der Waals surface area (Å²) in [5.41, 5.74) is 3.53. The third-order valence-corrected chi connectivity index (χ3v) is 6.41. The van der Waals surface area contributed by atoms with Crippen LogP contribution in [0.4, 0.5) is 0 Å². The van der Waals surface area contributed by atoms with Crippen molar-refractivity contribution in [3.05, 3.63) is 70.2 Å². The van der Waals surface area contributed by atoms with E-state index in [1.807, 2.05) is 24.3 Å². The number of carbonyl (C=O) groups excluding carboxylic acids is 1. The molecule has 1 amide bonds. The van der Waals surface area contributed by atoms with Crippen molar-refractivity contribution in [1.29, 1.82) is 0 Å². The first-order valence-corrected chi connectivity index (χ1v) is 9.78. The molecule has 0 radical (unpaired) electrons. The fourth-order valence-corrected chi connectivity index (χ4v) is 4.40. The van der Waals surface area contributed by atoms with Crippen LogP contribution in [0.1, 0.15) is 36.0 Å². The van der Waals surface area contributed by atoms with Crippen LogP contribution in [0.5, 0.6) is 0 Å². The molecule has 136 valence electrons. The van der Waals surface area contributed by atoms with Crippen LogP contribution in [0, 0.1) is 0 Å². The zero-order valence-electron chi connectivity index (χ0n) is 15.2. The Balaban J connectivity index is 1.44. The second-order valence-corrected chi connectivity index (χ2v) is 8.13. The lowest BCUT2D eigenvalue weighted by molar-refractivity contribution is -0.130. The van der Waals surface area contributed by atoms with Crippen LogP contribution in [0.3, 0.4) is 0 Å². The Morgan fingerprint density at radius 2 is 1.85 bits per heavy atom. The van der Waals surface area contributed by atoms with E-state index in [9.17, 15) is 4.79 Å². The van der Waals surface area contributed by atoms with Crippen LogP contribution in [0.2, 0.25) is 5.02 Å². The molecule has 2 aromatic rings. The lowest BCUT2D eigenvalue weighted by Gasteiger charge is -2.42. The number of nitrogens with zero attached hydrogens (tertiary/aromatic N) is 1. The molecule has 3 nitrogen and oxygen atoms in total. The topological polar surface area (TPSA) is 32.3 Å². The Morgan fingerprint density at radius 3 is 2.50 bits per heavy atom. The lowest BCUT2D eigenvalue weighted by Crippen LogP contribution is -2.53. The number of halogens is 1. The fourth-order valence-electron chi connectivity index (χ4n) is 4.27. The number of hydrogen-bond donors (Lipinski definition) is 1. The van der Waals surface area contributed by atoms with Gasteiger partial charge in [-0.3, -0.25) is 9.69 Å². The average molecular weight is 369 g/mol. The number of nitrogens with one attached hydrogen (secondary N) is 1. The highest BCUT2D eigenvalue weighted by atomic mass is 35.5. The monoisotopic (exact) mass is 368 g/mol. The number of benzene rings is 2. The Morgan fingerprint density at radius 1 is 1.15 bits per heavy atom. The number of likely N-dealkylation sites (N-methyl/N-ethyl adjacent to an activating group) is 1. The van der Waals surface area contributed by atoms with Gasteiger partial charge in [-0.05, 0) is 55.1 Å². The molecule has 1 heterocycles. The summed E-state index contributed by atoms with van der Waals surface area (Å²) in [7, 11) is 2.14. The molecule has 1 aliphatic carbocycles. The van der Waals surface area contributed by atoms with Crippen molar-refractivity contribution in [2.24, 2.45) is 0 Å². The quantitative estimate of drug-likeness (QED) is 0.886. The molecule has 1 atom stereocenters. The van der Waals surface area contributed by atoms with Gasteiger partial charge in [0.1, 0.15) is 0 Å². The van der Waals surface area contributed by atoms with Crippen LogP contribution in [-0.2, 0) is 23.2 Å². The maximum atomic E-state index is 13.1. The van der Waals surface area contributed by atoms with Crippen molar-refractivity contribution in [2.75, 3.05) is 13.6 Å². The molecule has 0 bridgehead atoms. The van der Waals surface area contributed by atoms with Gasteiger partial charge < -0.3 is 5.32 Å². The van der Waals surface area contributed by atoms with Gasteiger partial charge in [-0.15, -0.1) is 0 Å². The Bertz CT molecular complexity index is 798. The van der Waals surface area contributed by atoms with Crippen LogP contribution in [0.15, 0.2) is 48.5 Å². The van der Waals surface area contributed by atoms with E-state index in [2.05, 4.69) is 41.5 Å². The highest BCUT2D eigenvalue weighted by Gasteiger charge is 2.45. The minimum atomic E-state index is -0.365. The summed E-state index contributed by atoms with van der Waals surface area (Å²) >= 11 is 6.02. The minimum Gasteiger partial charge on any atom is -0.354 e. The molecule has 1 N–H and O–H groups in total. The summed E-state index contributed by atoms with van der Waals surface area (Å²) in [6, 6.07) is 16.7. The fraction of sp³-hybridized carbons (Fsp3) is 0.409. The predicted molar refractivity (Wildman–Crippen MR) is 105 cm³/mol. The van der Waals surface area contributed by atoms with Crippen molar-refractivity contribution in [3.63, 3.8) is 0 Å². The first-order valence-electron chi connectivity index (χ1n) is 9.40. The molecule has 0 unspecified atom stereocenters. The van der Waals surface area contributed by atoms with E-state index in [1.54, 1.807) is 0 Å². The molecule has 2 aromatic carbocycles. The molecule has 1 fully saturated rings. The third-order valence-electron chi connectivity index (χ3n) is 6.15. The van der Waals surface area contributed by atoms with Crippen molar-refractivity contribution in [2.45, 2.75) is 43.7 Å². The van der Waals surface area contributed by atoms with Crippen molar-refractivity contribution in [3.8, 4) is 0 Å². The number of hydrogen-bond acceptors (Lipinski definition) is 2. The van der Waals surface area contributed by atoms with E-state index in [1.165, 1.54) is 11.1 Å². The summed E-state index contributed by atoms with van der Waals surface area (Å²) in [6.07, 6.45) is 3.93. The number of fused-ring (bicyclic) bond motifs is 1. The largest absolute Gasteiger partial charge is 0.354 e. The molecule has 0 saturated heterocycles. The SMILES string of the molecule is CN1Cc2ccccc2C[C@@H]1CNC(=O)C1(c2ccc(Cl)cc2)CCC1. The summed E-state index contributed by atoms with van der Waals surface area (Å²) in [5.74, 6) is 0.165. The maximum Gasteiger partial charge on any atom is 0.230 e. The van der Waals surface area contributed by atoms with E-state index < -0.39 is 0 Å². The van der Waals surface area contributed by atoms with Gasteiger partial charge >= 0.3 is 0 Å². The number of amides is 1. The Kier molecular flexibility index (Phi) is 4.76. The van der Waals surface area contributed by atoms with Crippen LogP contribution in [-0.4, -0.2) is 30.4 Å². The van der Waals surface area contributed by atoms with Crippen molar-refractivity contribution in [1.82, 2.24) is 10.2 Å². The molecule has 0 spiro atoms. The molecule has 1 aliphatic heterocycles. The van der Waals surface area contributed by atoms with E-state index in [-0.39, 0.29) is 11.3 Å². The lowest BCUT2D eigenvalue weighted by atomic mass is 9.64. The smallest absolute Gasteiger partial charge is 0.230 e. The second-order valence-electron chi connectivity index (χ2n) is 7.69. The third kappa shape index (κ3) is 3.15. The maximum absolute atomic E-state index is 13.1. The van der Waals surface area contributed by atoms with Crippen molar-refractivity contribution >= 4 is 17.5 Å². The van der Waals surface area contributed by atoms with Gasteiger partial charge in [0.05, 0.1) is 5.41 Å². The van der Waals surface area contributed by atoms with Crippen LogP contribution >= 0.6 is 11.6 Å². The summed E-state index contributed by atoms with van der Waals surface area (Å²) in [5, 5.41) is 3.97. The van der Waals surface area contributed by atoms with E-state index >= 15 is 0 Å². The summed E-state index contributed by atoms with van der Waals surface area (Å²) in [6.45, 7) is 1.64. The number of rotatable bonds is 4. The van der Waals surface area contributed by atoms with Gasteiger partial charge in [0.25, 0.3) is 0 Å². The zero-order chi connectivity index (χ0) is 18.1. The van der Waals surface area contributed by atoms with E-state index in [0.717, 1.165) is 37.8 Å². The standard InChI is InChI=1S/C22H25ClN2O/c1-25-15-17-6-3-2-5-16(17)13-20(25)14-24-21(26)22(11-4-12-22)18-7-9-19(23)10-8-18/h2-3,5-10,20H,4,11-15H2,1H3,(H,24,26)/t20-/m1/s1. The Hall–Kier alpha value is -1.84. The predicted octanol–water partition coefficient (Wildman–Crippen LogP) is 3.93. The molecule has 4 heteroatoms. The molecule has 1 saturated carbocycles. The highest BCUT2D eigenvalue weighted by molar-refractivity contribution is 6.30. The van der Waals surface area contributed by atoms with Gasteiger partial charge in [0.15, 0.2) is 0 Å². The second kappa shape index (κ2) is 7.05. The minimum absolute atomic E-state index is 0.165. The van der Waals surface area contributed by atoms with Crippen LogP contribution < -0.4 is 5.32 Å². The zero-order valence-corrected chi connectivity index (χ0v) is 15.9. The molecule has 26 heavy (non-hydrogen) atoms.